The molecule has 0 atom stereocenters. The fourth-order valence-corrected chi connectivity index (χ4v) is 3.80. The first-order valence-corrected chi connectivity index (χ1v) is 11.1. The van der Waals surface area contributed by atoms with Gasteiger partial charge in [-0.25, -0.2) is 0 Å². The summed E-state index contributed by atoms with van der Waals surface area (Å²) >= 11 is 0. The monoisotopic (exact) mass is 424 g/mol. The summed E-state index contributed by atoms with van der Waals surface area (Å²) in [6, 6.07) is 24.2. The SMILES string of the molecule is CCCC(CC)(Oc1cccc(-c2cccnc2)c1)Oc1cccc(-c2cccnc2)c1. The first-order valence-electron chi connectivity index (χ1n) is 11.1. The second-order valence-corrected chi connectivity index (χ2v) is 7.76. The van der Waals surface area contributed by atoms with Gasteiger partial charge in [-0.2, -0.15) is 0 Å². The normalized spacial score (nSPS) is 11.2. The van der Waals surface area contributed by atoms with E-state index in [0.717, 1.165) is 53.0 Å². The molecule has 0 aliphatic heterocycles. The van der Waals surface area contributed by atoms with E-state index >= 15 is 0 Å². The Bertz CT molecular complexity index is 1050. The molecular weight excluding hydrogens is 396 g/mol. The fourth-order valence-electron chi connectivity index (χ4n) is 3.80. The van der Waals surface area contributed by atoms with E-state index in [0.29, 0.717) is 0 Å². The maximum Gasteiger partial charge on any atom is 0.250 e. The molecule has 2 aromatic carbocycles. The summed E-state index contributed by atoms with van der Waals surface area (Å²) in [5.74, 6) is 0.811. The van der Waals surface area contributed by atoms with Gasteiger partial charge >= 0.3 is 0 Å². The zero-order valence-electron chi connectivity index (χ0n) is 18.6. The molecule has 0 aliphatic carbocycles. The Morgan fingerprint density at radius 2 is 1.16 bits per heavy atom. The molecule has 4 nitrogen and oxygen atoms in total. The third-order valence-corrected chi connectivity index (χ3v) is 5.44. The molecule has 0 N–H and O–H groups in total. The Kier molecular flexibility index (Phi) is 6.81. The minimum absolute atomic E-state index is 0.717. The Labute approximate surface area is 189 Å². The largest absolute Gasteiger partial charge is 0.452 e. The zero-order chi connectivity index (χ0) is 22.2. The summed E-state index contributed by atoms with van der Waals surface area (Å²) in [5.41, 5.74) is 4.24. The van der Waals surface area contributed by atoms with E-state index in [1.54, 1.807) is 12.4 Å². The molecule has 4 rings (SSSR count). The van der Waals surface area contributed by atoms with Crippen LogP contribution in [0.2, 0.25) is 0 Å². The van der Waals surface area contributed by atoms with Crippen molar-refractivity contribution in [2.45, 2.75) is 38.9 Å². The van der Waals surface area contributed by atoms with Crippen LogP contribution in [0.25, 0.3) is 22.3 Å². The summed E-state index contributed by atoms with van der Waals surface area (Å²) in [6.07, 6.45) is 9.71. The van der Waals surface area contributed by atoms with Gasteiger partial charge in [-0.1, -0.05) is 50.2 Å². The Balaban J connectivity index is 1.61. The van der Waals surface area contributed by atoms with E-state index in [-0.39, 0.29) is 0 Å². The van der Waals surface area contributed by atoms with E-state index in [9.17, 15) is 0 Å². The number of hydrogen-bond donors (Lipinski definition) is 0. The lowest BCUT2D eigenvalue weighted by atomic mass is 10.1. The zero-order valence-corrected chi connectivity index (χ0v) is 18.6. The smallest absolute Gasteiger partial charge is 0.250 e. The molecule has 0 saturated heterocycles. The van der Waals surface area contributed by atoms with Crippen LogP contribution >= 0.6 is 0 Å². The lowest BCUT2D eigenvalue weighted by Crippen LogP contribution is -2.41. The molecule has 2 aromatic heterocycles. The maximum atomic E-state index is 6.55. The van der Waals surface area contributed by atoms with Gasteiger partial charge in [0.25, 0.3) is 5.79 Å². The van der Waals surface area contributed by atoms with Crippen molar-refractivity contribution in [3.8, 4) is 33.8 Å². The molecule has 0 spiro atoms. The van der Waals surface area contributed by atoms with Crippen LogP contribution in [0.15, 0.2) is 97.6 Å². The van der Waals surface area contributed by atoms with Crippen LogP contribution in [0, 0.1) is 0 Å². The van der Waals surface area contributed by atoms with E-state index < -0.39 is 5.79 Å². The van der Waals surface area contributed by atoms with Crippen molar-refractivity contribution in [3.05, 3.63) is 97.6 Å². The number of rotatable bonds is 9. The molecular formula is C28H28N2O2. The maximum absolute atomic E-state index is 6.55. The third kappa shape index (κ3) is 5.14. The molecule has 0 amide bonds. The Hall–Kier alpha value is -3.66. The average molecular weight is 425 g/mol. The van der Waals surface area contributed by atoms with Crippen molar-refractivity contribution in [1.82, 2.24) is 9.97 Å². The standard InChI is InChI=1S/C28H28N2O2/c1-3-15-28(4-2,31-26-13-5-9-22(18-26)24-11-7-16-29-20-24)32-27-14-6-10-23(19-27)25-12-8-17-30-21-25/h5-14,16-21H,3-4,15H2,1-2H3. The summed E-state index contributed by atoms with van der Waals surface area (Å²) in [5, 5.41) is 0. The van der Waals surface area contributed by atoms with Crippen molar-refractivity contribution in [1.29, 1.82) is 0 Å². The Morgan fingerprint density at radius 3 is 1.56 bits per heavy atom. The molecule has 0 bridgehead atoms. The predicted octanol–water partition coefficient (Wildman–Crippen LogP) is 7.17. The minimum atomic E-state index is -0.754. The van der Waals surface area contributed by atoms with Crippen LogP contribution in [0.1, 0.15) is 33.1 Å². The minimum Gasteiger partial charge on any atom is -0.452 e. The van der Waals surface area contributed by atoms with E-state index in [4.69, 9.17) is 9.47 Å². The molecule has 0 saturated carbocycles. The van der Waals surface area contributed by atoms with E-state index in [2.05, 4.69) is 35.9 Å². The number of ether oxygens (including phenoxy) is 2. The van der Waals surface area contributed by atoms with Crippen LogP contribution in [-0.2, 0) is 0 Å². The van der Waals surface area contributed by atoms with Gasteiger partial charge in [0.05, 0.1) is 0 Å². The number of aromatic nitrogens is 2. The summed E-state index contributed by atoms with van der Waals surface area (Å²) in [7, 11) is 0. The molecule has 0 fully saturated rings. The fraction of sp³-hybridized carbons (Fsp3) is 0.214. The first-order chi connectivity index (χ1) is 15.7. The van der Waals surface area contributed by atoms with Gasteiger partial charge in [0.15, 0.2) is 0 Å². The Morgan fingerprint density at radius 1 is 0.656 bits per heavy atom. The van der Waals surface area contributed by atoms with Crippen LogP contribution in [0.3, 0.4) is 0 Å². The highest BCUT2D eigenvalue weighted by Crippen LogP contribution is 2.33. The van der Waals surface area contributed by atoms with Crippen molar-refractivity contribution in [2.24, 2.45) is 0 Å². The lowest BCUT2D eigenvalue weighted by Gasteiger charge is -2.34. The number of nitrogens with zero attached hydrogens (tertiary/aromatic N) is 2. The summed E-state index contributed by atoms with van der Waals surface area (Å²) < 4.78 is 13.1. The highest BCUT2D eigenvalue weighted by molar-refractivity contribution is 5.64. The van der Waals surface area contributed by atoms with Crippen LogP contribution < -0.4 is 9.47 Å². The number of benzene rings is 2. The van der Waals surface area contributed by atoms with Crippen LogP contribution in [0.5, 0.6) is 11.5 Å². The van der Waals surface area contributed by atoms with Gasteiger partial charge < -0.3 is 9.47 Å². The summed E-state index contributed by atoms with van der Waals surface area (Å²) in [6.45, 7) is 4.25. The predicted molar refractivity (Wildman–Crippen MR) is 129 cm³/mol. The average Bonchev–Trinajstić information content (AvgIpc) is 2.85. The second-order valence-electron chi connectivity index (χ2n) is 7.76. The molecule has 4 aromatic rings. The quantitative estimate of drug-likeness (QED) is 0.267. The number of pyridine rings is 2. The molecule has 32 heavy (non-hydrogen) atoms. The second kappa shape index (κ2) is 10.1. The first kappa shape index (κ1) is 21.6. The highest BCUT2D eigenvalue weighted by Gasteiger charge is 2.32. The molecule has 162 valence electrons. The summed E-state index contributed by atoms with van der Waals surface area (Å²) in [4.78, 5) is 8.46. The van der Waals surface area contributed by atoms with Gasteiger partial charge in [0.1, 0.15) is 11.5 Å². The molecule has 0 radical (unpaired) electrons. The third-order valence-electron chi connectivity index (χ3n) is 5.44. The van der Waals surface area contributed by atoms with E-state index in [1.807, 2.05) is 73.1 Å². The van der Waals surface area contributed by atoms with Crippen LogP contribution in [-0.4, -0.2) is 15.8 Å². The lowest BCUT2D eigenvalue weighted by molar-refractivity contribution is -0.122. The molecule has 0 unspecified atom stereocenters. The topological polar surface area (TPSA) is 44.2 Å². The van der Waals surface area contributed by atoms with Gasteiger partial charge in [0.2, 0.25) is 0 Å². The van der Waals surface area contributed by atoms with Gasteiger partial charge in [0, 0.05) is 48.8 Å². The van der Waals surface area contributed by atoms with Gasteiger partial charge in [-0.15, -0.1) is 0 Å². The molecule has 2 heterocycles. The van der Waals surface area contributed by atoms with Crippen molar-refractivity contribution >= 4 is 0 Å². The molecule has 4 heteroatoms. The van der Waals surface area contributed by atoms with Gasteiger partial charge in [-0.3, -0.25) is 9.97 Å². The van der Waals surface area contributed by atoms with E-state index in [1.165, 1.54) is 0 Å². The van der Waals surface area contributed by atoms with Crippen molar-refractivity contribution in [3.63, 3.8) is 0 Å². The van der Waals surface area contributed by atoms with Gasteiger partial charge in [-0.05, 0) is 53.9 Å². The molecule has 0 aliphatic rings. The van der Waals surface area contributed by atoms with Crippen LogP contribution in [0.4, 0.5) is 0 Å². The highest BCUT2D eigenvalue weighted by atomic mass is 16.7. The van der Waals surface area contributed by atoms with Crippen molar-refractivity contribution in [2.75, 3.05) is 0 Å². The van der Waals surface area contributed by atoms with Crippen molar-refractivity contribution < 1.29 is 9.47 Å². The number of hydrogen-bond acceptors (Lipinski definition) is 4.